The van der Waals surface area contributed by atoms with Crippen molar-refractivity contribution in [1.82, 2.24) is 4.90 Å². The molecule has 0 atom stereocenters. The van der Waals surface area contributed by atoms with E-state index < -0.39 is 0 Å². The Labute approximate surface area is 96.2 Å². The number of nitrogens with two attached hydrogens (primary N) is 1. The zero-order valence-electron chi connectivity index (χ0n) is 9.73. The van der Waals surface area contributed by atoms with Gasteiger partial charge in [-0.05, 0) is 25.2 Å². The van der Waals surface area contributed by atoms with Crippen LogP contribution >= 0.6 is 0 Å². The van der Waals surface area contributed by atoms with Gasteiger partial charge in [-0.3, -0.25) is 0 Å². The predicted molar refractivity (Wildman–Crippen MR) is 63.1 cm³/mol. The van der Waals surface area contributed by atoms with Crippen LogP contribution in [0.2, 0.25) is 0 Å². The molecule has 0 spiro atoms. The SMILES string of the molecule is COc1ccc(C#N)cc1CN(C)CCN. The topological polar surface area (TPSA) is 62.3 Å². The van der Waals surface area contributed by atoms with Crippen LogP contribution in [-0.4, -0.2) is 32.1 Å². The molecule has 0 saturated carbocycles. The van der Waals surface area contributed by atoms with E-state index in [1.54, 1.807) is 13.2 Å². The largest absolute Gasteiger partial charge is 0.496 e. The summed E-state index contributed by atoms with van der Waals surface area (Å²) < 4.78 is 5.26. The lowest BCUT2D eigenvalue weighted by Gasteiger charge is -2.17. The van der Waals surface area contributed by atoms with Crippen LogP contribution in [0.15, 0.2) is 18.2 Å². The van der Waals surface area contributed by atoms with Crippen molar-refractivity contribution in [2.45, 2.75) is 6.54 Å². The number of nitriles is 1. The normalized spacial score (nSPS) is 10.2. The number of benzene rings is 1. The summed E-state index contributed by atoms with van der Waals surface area (Å²) in [4.78, 5) is 2.10. The lowest BCUT2D eigenvalue weighted by atomic mass is 10.1. The molecule has 0 bridgehead atoms. The van der Waals surface area contributed by atoms with E-state index in [0.29, 0.717) is 12.1 Å². The molecule has 16 heavy (non-hydrogen) atoms. The zero-order valence-corrected chi connectivity index (χ0v) is 9.73. The number of nitrogens with zero attached hydrogens (tertiary/aromatic N) is 2. The second-order valence-electron chi connectivity index (χ2n) is 3.66. The molecule has 0 fully saturated rings. The van der Waals surface area contributed by atoms with E-state index >= 15 is 0 Å². The van der Waals surface area contributed by atoms with Crippen molar-refractivity contribution in [2.24, 2.45) is 5.73 Å². The van der Waals surface area contributed by atoms with Gasteiger partial charge in [-0.25, -0.2) is 0 Å². The van der Waals surface area contributed by atoms with Gasteiger partial charge in [0.05, 0.1) is 18.7 Å². The van der Waals surface area contributed by atoms with Crippen LogP contribution in [0.25, 0.3) is 0 Å². The van der Waals surface area contributed by atoms with Crippen LogP contribution in [0.4, 0.5) is 0 Å². The molecule has 0 amide bonds. The van der Waals surface area contributed by atoms with Crippen molar-refractivity contribution in [1.29, 1.82) is 5.26 Å². The molecule has 86 valence electrons. The van der Waals surface area contributed by atoms with Crippen molar-refractivity contribution in [2.75, 3.05) is 27.2 Å². The molecule has 0 unspecified atom stereocenters. The third kappa shape index (κ3) is 3.23. The molecular formula is C12H17N3O. The van der Waals surface area contributed by atoms with E-state index in [1.165, 1.54) is 0 Å². The molecule has 1 rings (SSSR count). The first-order valence-corrected chi connectivity index (χ1v) is 5.17. The molecule has 1 aromatic rings. The lowest BCUT2D eigenvalue weighted by Crippen LogP contribution is -2.25. The highest BCUT2D eigenvalue weighted by molar-refractivity contribution is 5.41. The summed E-state index contributed by atoms with van der Waals surface area (Å²) in [5.74, 6) is 0.808. The summed E-state index contributed by atoms with van der Waals surface area (Å²) in [5, 5.41) is 8.84. The first kappa shape index (κ1) is 12.5. The van der Waals surface area contributed by atoms with Crippen molar-refractivity contribution < 1.29 is 4.74 Å². The minimum Gasteiger partial charge on any atom is -0.496 e. The monoisotopic (exact) mass is 219 g/mol. The smallest absolute Gasteiger partial charge is 0.123 e. The Morgan fingerprint density at radius 3 is 2.81 bits per heavy atom. The Kier molecular flexibility index (Phi) is 4.77. The molecular weight excluding hydrogens is 202 g/mol. The van der Waals surface area contributed by atoms with Crippen LogP contribution < -0.4 is 10.5 Å². The fourth-order valence-electron chi connectivity index (χ4n) is 1.56. The Bertz CT molecular complexity index is 384. The molecule has 0 aromatic heterocycles. The fraction of sp³-hybridized carbons (Fsp3) is 0.417. The lowest BCUT2D eigenvalue weighted by molar-refractivity contribution is 0.325. The standard InChI is InChI=1S/C12H17N3O/c1-15(6-5-13)9-11-7-10(8-14)3-4-12(11)16-2/h3-4,7H,5-6,9,13H2,1-2H3. The molecule has 0 aliphatic rings. The van der Waals surface area contributed by atoms with E-state index in [-0.39, 0.29) is 0 Å². The summed E-state index contributed by atoms with van der Waals surface area (Å²) in [6.45, 7) is 2.17. The number of likely N-dealkylation sites (N-methyl/N-ethyl adjacent to an activating group) is 1. The van der Waals surface area contributed by atoms with Crippen molar-refractivity contribution in [3.8, 4) is 11.8 Å². The molecule has 4 nitrogen and oxygen atoms in total. The fourth-order valence-corrected chi connectivity index (χ4v) is 1.56. The van der Waals surface area contributed by atoms with Gasteiger partial charge < -0.3 is 15.4 Å². The molecule has 4 heteroatoms. The first-order valence-electron chi connectivity index (χ1n) is 5.17. The number of ether oxygens (including phenoxy) is 1. The quantitative estimate of drug-likeness (QED) is 0.801. The van der Waals surface area contributed by atoms with Gasteiger partial charge in [0, 0.05) is 25.2 Å². The van der Waals surface area contributed by atoms with Gasteiger partial charge >= 0.3 is 0 Å². The molecule has 1 aromatic carbocycles. The second-order valence-corrected chi connectivity index (χ2v) is 3.66. The van der Waals surface area contributed by atoms with E-state index in [9.17, 15) is 0 Å². The van der Waals surface area contributed by atoms with Gasteiger partial charge in [0.2, 0.25) is 0 Å². The Balaban J connectivity index is 2.87. The number of hydrogen-bond donors (Lipinski definition) is 1. The van der Waals surface area contributed by atoms with Crippen molar-refractivity contribution >= 4 is 0 Å². The van der Waals surface area contributed by atoms with Crippen LogP contribution in [0.3, 0.4) is 0 Å². The number of methoxy groups -OCH3 is 1. The van der Waals surface area contributed by atoms with E-state index in [0.717, 1.165) is 24.4 Å². The van der Waals surface area contributed by atoms with Crippen LogP contribution in [-0.2, 0) is 6.54 Å². The Hall–Kier alpha value is -1.57. The number of hydrogen-bond acceptors (Lipinski definition) is 4. The summed E-state index contributed by atoms with van der Waals surface area (Å²) in [5.41, 5.74) is 7.15. The van der Waals surface area contributed by atoms with Gasteiger partial charge in [0.15, 0.2) is 0 Å². The Morgan fingerprint density at radius 1 is 1.50 bits per heavy atom. The zero-order chi connectivity index (χ0) is 12.0. The molecule has 0 radical (unpaired) electrons. The highest BCUT2D eigenvalue weighted by Gasteiger charge is 2.07. The molecule has 0 aliphatic carbocycles. The van der Waals surface area contributed by atoms with Gasteiger partial charge in [-0.2, -0.15) is 5.26 Å². The maximum absolute atomic E-state index is 8.84. The summed E-state index contributed by atoms with van der Waals surface area (Å²) >= 11 is 0. The van der Waals surface area contributed by atoms with Crippen LogP contribution in [0.1, 0.15) is 11.1 Å². The van der Waals surface area contributed by atoms with E-state index in [1.807, 2.05) is 19.2 Å². The third-order valence-corrected chi connectivity index (χ3v) is 2.36. The maximum Gasteiger partial charge on any atom is 0.123 e. The van der Waals surface area contributed by atoms with Crippen molar-refractivity contribution in [3.05, 3.63) is 29.3 Å². The average Bonchev–Trinajstić information content (AvgIpc) is 2.29. The second kappa shape index (κ2) is 6.11. The van der Waals surface area contributed by atoms with Gasteiger partial charge in [-0.15, -0.1) is 0 Å². The molecule has 0 heterocycles. The van der Waals surface area contributed by atoms with Gasteiger partial charge in [0.1, 0.15) is 5.75 Å². The summed E-state index contributed by atoms with van der Waals surface area (Å²) in [7, 11) is 3.62. The predicted octanol–water partition coefficient (Wildman–Crippen LogP) is 0.957. The molecule has 2 N–H and O–H groups in total. The minimum atomic E-state index is 0.622. The molecule has 0 saturated heterocycles. The van der Waals surface area contributed by atoms with E-state index in [2.05, 4.69) is 11.0 Å². The number of rotatable bonds is 5. The first-order chi connectivity index (χ1) is 7.71. The average molecular weight is 219 g/mol. The summed E-state index contributed by atoms with van der Waals surface area (Å²) in [6.07, 6.45) is 0. The van der Waals surface area contributed by atoms with Crippen molar-refractivity contribution in [3.63, 3.8) is 0 Å². The maximum atomic E-state index is 8.84. The third-order valence-electron chi connectivity index (χ3n) is 2.36. The van der Waals surface area contributed by atoms with Crippen LogP contribution in [0.5, 0.6) is 5.75 Å². The van der Waals surface area contributed by atoms with Gasteiger partial charge in [0.25, 0.3) is 0 Å². The Morgan fingerprint density at radius 2 is 2.25 bits per heavy atom. The van der Waals surface area contributed by atoms with Crippen LogP contribution in [0, 0.1) is 11.3 Å². The van der Waals surface area contributed by atoms with Gasteiger partial charge in [-0.1, -0.05) is 0 Å². The summed E-state index contributed by atoms with van der Waals surface area (Å²) in [6, 6.07) is 7.56. The highest BCUT2D eigenvalue weighted by Crippen LogP contribution is 2.20. The van der Waals surface area contributed by atoms with E-state index in [4.69, 9.17) is 15.7 Å². The minimum absolute atomic E-state index is 0.622. The molecule has 0 aliphatic heterocycles. The highest BCUT2D eigenvalue weighted by atomic mass is 16.5.